The van der Waals surface area contributed by atoms with Crippen molar-refractivity contribution < 1.29 is 16.8 Å². The summed E-state index contributed by atoms with van der Waals surface area (Å²) in [5, 5.41) is 0. The molecule has 0 N–H and O–H groups in total. The highest BCUT2D eigenvalue weighted by molar-refractivity contribution is 7.90. The molecule has 0 unspecified atom stereocenters. The maximum atomic E-state index is 12.6. The van der Waals surface area contributed by atoms with Gasteiger partial charge in [-0.25, -0.2) is 21.1 Å². The van der Waals surface area contributed by atoms with Gasteiger partial charge in [-0.3, -0.25) is 0 Å². The van der Waals surface area contributed by atoms with Gasteiger partial charge in [0.15, 0.2) is 9.84 Å². The summed E-state index contributed by atoms with van der Waals surface area (Å²) in [5.74, 6) is -0.262. The molecule has 0 heterocycles. The third kappa shape index (κ3) is 4.90. The Morgan fingerprint density at radius 3 is 2.20 bits per heavy atom. The summed E-state index contributed by atoms with van der Waals surface area (Å²) in [7, 11) is -4.12. The Kier molecular flexibility index (Phi) is 5.71. The number of benzene rings is 2. The molecule has 0 aliphatic heterocycles. The van der Waals surface area contributed by atoms with Crippen molar-refractivity contribution in [3.63, 3.8) is 0 Å². The molecular formula is C18H23NO4S2. The van der Waals surface area contributed by atoms with Crippen LogP contribution in [0.4, 0.5) is 0 Å². The molecule has 0 spiro atoms. The minimum atomic E-state index is -3.59. The first-order chi connectivity index (χ1) is 11.5. The average Bonchev–Trinajstić information content (AvgIpc) is 2.50. The van der Waals surface area contributed by atoms with Crippen molar-refractivity contribution in [2.24, 2.45) is 0 Å². The molecule has 7 heteroatoms. The van der Waals surface area contributed by atoms with Crippen molar-refractivity contribution >= 4 is 19.9 Å². The van der Waals surface area contributed by atoms with E-state index in [-0.39, 0.29) is 16.4 Å². The summed E-state index contributed by atoms with van der Waals surface area (Å²) in [6.07, 6.45) is 0. The maximum Gasteiger partial charge on any atom is 0.242 e. The van der Waals surface area contributed by atoms with Crippen molar-refractivity contribution in [3.05, 3.63) is 64.7 Å². The fourth-order valence-electron chi connectivity index (χ4n) is 2.50. The lowest BCUT2D eigenvalue weighted by Gasteiger charge is -2.13. The van der Waals surface area contributed by atoms with Crippen molar-refractivity contribution in [2.45, 2.75) is 30.2 Å². The van der Waals surface area contributed by atoms with Crippen molar-refractivity contribution in [1.29, 1.82) is 0 Å². The molecule has 2 aromatic carbocycles. The van der Waals surface area contributed by atoms with Gasteiger partial charge in [0.1, 0.15) is 0 Å². The molecule has 0 fully saturated rings. The van der Waals surface area contributed by atoms with Gasteiger partial charge in [0.2, 0.25) is 10.0 Å². The van der Waals surface area contributed by atoms with Gasteiger partial charge in [0, 0.05) is 14.1 Å². The number of aryl methyl sites for hydroxylation is 2. The minimum absolute atomic E-state index is 0.0643. The van der Waals surface area contributed by atoms with E-state index < -0.39 is 19.9 Å². The van der Waals surface area contributed by atoms with E-state index in [0.29, 0.717) is 5.56 Å². The Morgan fingerprint density at radius 1 is 0.880 bits per heavy atom. The van der Waals surface area contributed by atoms with Crippen molar-refractivity contribution in [3.8, 4) is 0 Å². The largest absolute Gasteiger partial charge is 0.242 e. The van der Waals surface area contributed by atoms with Gasteiger partial charge < -0.3 is 0 Å². The van der Waals surface area contributed by atoms with Gasteiger partial charge in [-0.2, -0.15) is 0 Å². The SMILES string of the molecule is Cc1ccc(C)c(CS(=O)(=O)Cc2cccc(S(=O)(=O)N(C)C)c2)c1. The second kappa shape index (κ2) is 7.27. The number of hydrogen-bond acceptors (Lipinski definition) is 4. The fraction of sp³-hybridized carbons (Fsp3) is 0.333. The van der Waals surface area contributed by atoms with Crippen LogP contribution in [0.25, 0.3) is 0 Å². The second-order valence-electron chi connectivity index (χ2n) is 6.40. The number of hydrogen-bond donors (Lipinski definition) is 0. The molecule has 0 aliphatic rings. The molecule has 25 heavy (non-hydrogen) atoms. The highest BCUT2D eigenvalue weighted by Gasteiger charge is 2.19. The predicted molar refractivity (Wildman–Crippen MR) is 99.6 cm³/mol. The smallest absolute Gasteiger partial charge is 0.228 e. The summed E-state index contributed by atoms with van der Waals surface area (Å²) >= 11 is 0. The second-order valence-corrected chi connectivity index (χ2v) is 10.6. The summed E-state index contributed by atoms with van der Waals surface area (Å²) in [6, 6.07) is 11.8. The van der Waals surface area contributed by atoms with Crippen LogP contribution in [-0.2, 0) is 31.4 Å². The molecule has 0 atom stereocenters. The molecular weight excluding hydrogens is 358 g/mol. The third-order valence-corrected chi connectivity index (χ3v) is 7.28. The fourth-order valence-corrected chi connectivity index (χ4v) is 5.05. The Morgan fingerprint density at radius 2 is 1.56 bits per heavy atom. The van der Waals surface area contributed by atoms with E-state index in [1.165, 1.54) is 26.2 Å². The Balaban J connectivity index is 2.28. The lowest BCUT2D eigenvalue weighted by molar-refractivity contribution is 0.520. The van der Waals surface area contributed by atoms with E-state index in [9.17, 15) is 16.8 Å². The lowest BCUT2D eigenvalue weighted by Crippen LogP contribution is -2.22. The van der Waals surface area contributed by atoms with Gasteiger partial charge >= 0.3 is 0 Å². The summed E-state index contributed by atoms with van der Waals surface area (Å²) < 4.78 is 50.6. The van der Waals surface area contributed by atoms with Gasteiger partial charge in [0.25, 0.3) is 0 Å². The average molecular weight is 382 g/mol. The Hall–Kier alpha value is -1.70. The quantitative estimate of drug-likeness (QED) is 0.771. The van der Waals surface area contributed by atoms with Crippen molar-refractivity contribution in [2.75, 3.05) is 14.1 Å². The van der Waals surface area contributed by atoms with Crippen LogP contribution in [0.15, 0.2) is 47.4 Å². The normalized spacial score (nSPS) is 12.5. The van der Waals surface area contributed by atoms with Crippen LogP contribution < -0.4 is 0 Å². The first-order valence-electron chi connectivity index (χ1n) is 7.79. The maximum absolute atomic E-state index is 12.6. The minimum Gasteiger partial charge on any atom is -0.228 e. The van der Waals surface area contributed by atoms with E-state index in [1.807, 2.05) is 32.0 Å². The molecule has 0 amide bonds. The van der Waals surface area contributed by atoms with E-state index in [4.69, 9.17) is 0 Å². The van der Waals surface area contributed by atoms with Gasteiger partial charge in [-0.15, -0.1) is 0 Å². The summed E-state index contributed by atoms with van der Waals surface area (Å²) in [5.41, 5.74) is 3.18. The monoisotopic (exact) mass is 381 g/mol. The zero-order chi connectivity index (χ0) is 18.8. The molecule has 0 bridgehead atoms. The Labute approximate surface area is 150 Å². The van der Waals surface area contributed by atoms with Gasteiger partial charge in [-0.05, 0) is 42.7 Å². The van der Waals surface area contributed by atoms with E-state index in [2.05, 4.69) is 0 Å². The van der Waals surface area contributed by atoms with Gasteiger partial charge in [0.05, 0.1) is 16.4 Å². The van der Waals surface area contributed by atoms with E-state index in [1.54, 1.807) is 12.1 Å². The summed E-state index contributed by atoms with van der Waals surface area (Å²) in [4.78, 5) is 0.0944. The summed E-state index contributed by atoms with van der Waals surface area (Å²) in [6.45, 7) is 3.81. The molecule has 0 aromatic heterocycles. The zero-order valence-corrected chi connectivity index (χ0v) is 16.5. The highest BCUT2D eigenvalue weighted by atomic mass is 32.2. The van der Waals surface area contributed by atoms with Crippen LogP contribution in [0, 0.1) is 13.8 Å². The topological polar surface area (TPSA) is 71.5 Å². The third-order valence-electron chi connectivity index (χ3n) is 3.94. The Bertz CT molecular complexity index is 978. The molecule has 0 radical (unpaired) electrons. The molecule has 136 valence electrons. The first-order valence-corrected chi connectivity index (χ1v) is 11.1. The highest BCUT2D eigenvalue weighted by Crippen LogP contribution is 2.20. The molecule has 0 aliphatic carbocycles. The molecule has 2 rings (SSSR count). The van der Waals surface area contributed by atoms with Crippen LogP contribution in [0.2, 0.25) is 0 Å². The number of rotatable bonds is 6. The first kappa shape index (κ1) is 19.6. The molecule has 2 aromatic rings. The van der Waals surface area contributed by atoms with Crippen LogP contribution in [0.3, 0.4) is 0 Å². The molecule has 0 saturated heterocycles. The number of sulfonamides is 1. The zero-order valence-electron chi connectivity index (χ0n) is 14.9. The van der Waals surface area contributed by atoms with Crippen LogP contribution >= 0.6 is 0 Å². The number of nitrogens with zero attached hydrogens (tertiary/aromatic N) is 1. The molecule has 0 saturated carbocycles. The lowest BCUT2D eigenvalue weighted by atomic mass is 10.1. The van der Waals surface area contributed by atoms with Gasteiger partial charge in [-0.1, -0.05) is 35.9 Å². The van der Waals surface area contributed by atoms with Crippen LogP contribution in [-0.4, -0.2) is 35.2 Å². The van der Waals surface area contributed by atoms with Crippen LogP contribution in [0.1, 0.15) is 22.3 Å². The number of sulfone groups is 1. The standard InChI is InChI=1S/C18H23NO4S2/c1-14-8-9-15(2)17(10-14)13-24(20,21)12-16-6-5-7-18(11-16)25(22,23)19(3)4/h5-11H,12-13H2,1-4H3. The van der Waals surface area contributed by atoms with Crippen LogP contribution in [0.5, 0.6) is 0 Å². The van der Waals surface area contributed by atoms with E-state index >= 15 is 0 Å². The predicted octanol–water partition coefficient (Wildman–Crippen LogP) is 2.67. The van der Waals surface area contributed by atoms with Crippen molar-refractivity contribution in [1.82, 2.24) is 4.31 Å². The molecule has 5 nitrogen and oxygen atoms in total. The van der Waals surface area contributed by atoms with E-state index in [0.717, 1.165) is 21.0 Å².